The van der Waals surface area contributed by atoms with Crippen molar-refractivity contribution < 1.29 is 4.48 Å². The van der Waals surface area contributed by atoms with Crippen LogP contribution in [-0.2, 0) is 6.54 Å². The summed E-state index contributed by atoms with van der Waals surface area (Å²) in [5.74, 6) is 1.42. The first-order valence-electron chi connectivity index (χ1n) is 10.8. The fourth-order valence-electron chi connectivity index (χ4n) is 3.84. The number of quaternary nitrogens is 1. The predicted octanol–water partition coefficient (Wildman–Crippen LogP) is 7.40. The molecule has 0 heterocycles. The number of rotatable bonds is 17. The minimum atomic E-state index is 0.710. The van der Waals surface area contributed by atoms with E-state index in [0.29, 0.717) is 11.8 Å². The summed E-state index contributed by atoms with van der Waals surface area (Å²) in [6, 6.07) is 10.8. The summed E-state index contributed by atoms with van der Waals surface area (Å²) in [7, 11) is 0. The molecule has 0 radical (unpaired) electrons. The van der Waals surface area contributed by atoms with Crippen molar-refractivity contribution in [3.8, 4) is 0 Å². The molecule has 1 aromatic rings. The smallest absolute Gasteiger partial charge is 0.104 e. The summed E-state index contributed by atoms with van der Waals surface area (Å²) < 4.78 is 1.04. The Morgan fingerprint density at radius 3 is 1.65 bits per heavy atom. The number of nitrogens with zero attached hydrogens (tertiary/aromatic N) is 1. The second-order valence-corrected chi connectivity index (χ2v) is 8.47. The molecule has 0 aliphatic carbocycles. The lowest BCUT2D eigenvalue weighted by Gasteiger charge is -2.38. The average Bonchev–Trinajstić information content (AvgIpc) is 2.64. The number of hydrogen-bond donors (Lipinski definition) is 0. The lowest BCUT2D eigenvalue weighted by Crippen LogP contribution is -2.50. The normalized spacial score (nSPS) is 11.8. The first-order valence-corrected chi connectivity index (χ1v) is 11.8. The van der Waals surface area contributed by atoms with Gasteiger partial charge in [0.2, 0.25) is 0 Å². The van der Waals surface area contributed by atoms with Gasteiger partial charge >= 0.3 is 0 Å². The Labute approximate surface area is 172 Å². The first-order chi connectivity index (χ1) is 12.8. The number of benzene rings is 1. The quantitative estimate of drug-likeness (QED) is 0.145. The van der Waals surface area contributed by atoms with Crippen LogP contribution in [0.25, 0.3) is 0 Å². The molecule has 0 bridgehead atoms. The monoisotopic (exact) mass is 400 g/mol. The Bertz CT molecular complexity index is 415. The number of hydrogen-bond acceptors (Lipinski definition) is 0. The maximum absolute atomic E-state index is 6.16. The van der Waals surface area contributed by atoms with E-state index in [2.05, 4.69) is 37.3 Å². The van der Waals surface area contributed by atoms with Gasteiger partial charge in [-0.25, -0.2) is 0 Å². The summed E-state index contributed by atoms with van der Waals surface area (Å²) in [4.78, 5) is 0. The summed E-state index contributed by atoms with van der Waals surface area (Å²) in [6.07, 6.45) is 13.8. The molecule has 0 aliphatic rings. The maximum atomic E-state index is 6.16. The van der Waals surface area contributed by atoms with Gasteiger partial charge in [0.25, 0.3) is 0 Å². The van der Waals surface area contributed by atoms with Crippen LogP contribution < -0.4 is 0 Å². The zero-order chi connectivity index (χ0) is 18.9. The molecule has 0 saturated carbocycles. The standard InChI is InChI=1S/C23H40Cl2N/c1-2-3-4-5-6-7-8-9-10-14-19-26(20-17-24,21-18-25)22-23-15-12-11-13-16-23/h11-13,15-16H,2-10,14,17-22H2,1H3/q+1. The van der Waals surface area contributed by atoms with Gasteiger partial charge in [-0.3, -0.25) is 0 Å². The molecular formula is C23H40Cl2N+. The van der Waals surface area contributed by atoms with Gasteiger partial charge in [0, 0.05) is 5.56 Å². The van der Waals surface area contributed by atoms with Crippen LogP contribution in [0.4, 0.5) is 0 Å². The molecule has 0 fully saturated rings. The third-order valence-corrected chi connectivity index (χ3v) is 5.80. The van der Waals surface area contributed by atoms with E-state index in [-0.39, 0.29) is 0 Å². The zero-order valence-corrected chi connectivity index (χ0v) is 18.4. The van der Waals surface area contributed by atoms with Crippen molar-refractivity contribution in [3.05, 3.63) is 35.9 Å². The van der Waals surface area contributed by atoms with Crippen LogP contribution in [0.15, 0.2) is 30.3 Å². The second-order valence-electron chi connectivity index (χ2n) is 7.72. The molecule has 0 saturated heterocycles. The van der Waals surface area contributed by atoms with Crippen molar-refractivity contribution in [2.75, 3.05) is 31.4 Å². The van der Waals surface area contributed by atoms with Crippen LogP contribution in [0.5, 0.6) is 0 Å². The Kier molecular flexibility index (Phi) is 14.4. The highest BCUT2D eigenvalue weighted by atomic mass is 35.5. The molecule has 3 heteroatoms. The molecule has 0 N–H and O–H groups in total. The highest BCUT2D eigenvalue weighted by Gasteiger charge is 2.26. The van der Waals surface area contributed by atoms with Crippen molar-refractivity contribution in [1.82, 2.24) is 0 Å². The highest BCUT2D eigenvalue weighted by molar-refractivity contribution is 6.18. The van der Waals surface area contributed by atoms with E-state index in [1.165, 1.54) is 76.3 Å². The number of halogens is 2. The van der Waals surface area contributed by atoms with E-state index in [9.17, 15) is 0 Å². The fourth-order valence-corrected chi connectivity index (χ4v) is 4.55. The number of alkyl halides is 2. The van der Waals surface area contributed by atoms with Crippen LogP contribution in [0, 0.1) is 0 Å². The Morgan fingerprint density at radius 2 is 1.15 bits per heavy atom. The highest BCUT2D eigenvalue weighted by Crippen LogP contribution is 2.19. The van der Waals surface area contributed by atoms with E-state index < -0.39 is 0 Å². The van der Waals surface area contributed by atoms with Gasteiger partial charge in [-0.05, 0) is 12.8 Å². The van der Waals surface area contributed by atoms with Crippen LogP contribution >= 0.6 is 23.2 Å². The molecule has 26 heavy (non-hydrogen) atoms. The third-order valence-electron chi connectivity index (χ3n) is 5.46. The van der Waals surface area contributed by atoms with Gasteiger partial charge in [0.05, 0.1) is 31.4 Å². The van der Waals surface area contributed by atoms with Crippen molar-refractivity contribution in [2.45, 2.75) is 77.7 Å². The summed E-state index contributed by atoms with van der Waals surface area (Å²) in [6.45, 7) is 6.56. The van der Waals surface area contributed by atoms with Crippen LogP contribution in [0.1, 0.15) is 76.7 Å². The fraction of sp³-hybridized carbons (Fsp3) is 0.739. The molecule has 1 aromatic carbocycles. The van der Waals surface area contributed by atoms with Gasteiger partial charge in [0.15, 0.2) is 0 Å². The molecule has 1 nitrogen and oxygen atoms in total. The maximum Gasteiger partial charge on any atom is 0.104 e. The van der Waals surface area contributed by atoms with E-state index in [1.807, 2.05) is 0 Å². The van der Waals surface area contributed by atoms with Crippen LogP contribution in [-0.4, -0.2) is 35.9 Å². The van der Waals surface area contributed by atoms with E-state index in [0.717, 1.165) is 24.1 Å². The molecule has 0 aromatic heterocycles. The third kappa shape index (κ3) is 10.8. The van der Waals surface area contributed by atoms with Gasteiger partial charge in [0.1, 0.15) is 6.54 Å². The number of unbranched alkanes of at least 4 members (excludes halogenated alkanes) is 9. The average molecular weight is 401 g/mol. The van der Waals surface area contributed by atoms with Crippen molar-refractivity contribution in [2.24, 2.45) is 0 Å². The minimum Gasteiger partial charge on any atom is -0.318 e. The zero-order valence-electron chi connectivity index (χ0n) is 16.9. The van der Waals surface area contributed by atoms with Crippen molar-refractivity contribution in [1.29, 1.82) is 0 Å². The van der Waals surface area contributed by atoms with E-state index in [4.69, 9.17) is 23.2 Å². The largest absolute Gasteiger partial charge is 0.318 e. The van der Waals surface area contributed by atoms with Crippen LogP contribution in [0.2, 0.25) is 0 Å². The lowest BCUT2D eigenvalue weighted by molar-refractivity contribution is -0.936. The summed E-state index contributed by atoms with van der Waals surface area (Å²) >= 11 is 12.3. The Balaban J connectivity index is 2.32. The Hall–Kier alpha value is -0.240. The molecule has 0 spiro atoms. The molecule has 0 amide bonds. The predicted molar refractivity (Wildman–Crippen MR) is 118 cm³/mol. The summed E-state index contributed by atoms with van der Waals surface area (Å²) in [5.41, 5.74) is 1.40. The van der Waals surface area contributed by atoms with Crippen molar-refractivity contribution >= 4 is 23.2 Å². The summed E-state index contributed by atoms with van der Waals surface area (Å²) in [5, 5.41) is 0. The van der Waals surface area contributed by atoms with Gasteiger partial charge in [-0.15, -0.1) is 23.2 Å². The van der Waals surface area contributed by atoms with Gasteiger partial charge < -0.3 is 4.48 Å². The molecule has 1 rings (SSSR count). The van der Waals surface area contributed by atoms with Gasteiger partial charge in [-0.1, -0.05) is 88.6 Å². The SMILES string of the molecule is CCCCCCCCCCCC[N+](CCCl)(CCCl)Cc1ccccc1. The van der Waals surface area contributed by atoms with Crippen LogP contribution in [0.3, 0.4) is 0 Å². The molecule has 0 unspecified atom stereocenters. The first kappa shape index (κ1) is 23.8. The topological polar surface area (TPSA) is 0 Å². The molecular weight excluding hydrogens is 361 g/mol. The second kappa shape index (κ2) is 15.8. The molecule has 150 valence electrons. The minimum absolute atomic E-state index is 0.710. The van der Waals surface area contributed by atoms with E-state index >= 15 is 0 Å². The Morgan fingerprint density at radius 1 is 0.654 bits per heavy atom. The van der Waals surface area contributed by atoms with Crippen molar-refractivity contribution in [3.63, 3.8) is 0 Å². The molecule has 0 atom stereocenters. The van der Waals surface area contributed by atoms with E-state index in [1.54, 1.807) is 0 Å². The van der Waals surface area contributed by atoms with Gasteiger partial charge in [-0.2, -0.15) is 0 Å². The molecule has 0 aliphatic heterocycles. The lowest BCUT2D eigenvalue weighted by atomic mass is 10.1.